The first-order chi connectivity index (χ1) is 15.2. The van der Waals surface area contributed by atoms with Crippen LogP contribution in [-0.2, 0) is 17.9 Å². The summed E-state index contributed by atoms with van der Waals surface area (Å²) in [6.45, 7) is -1.31. The van der Waals surface area contributed by atoms with Gasteiger partial charge >= 0.3 is 11.7 Å². The van der Waals surface area contributed by atoms with E-state index in [1.54, 1.807) is 36.4 Å². The molecule has 0 unspecified atom stereocenters. The van der Waals surface area contributed by atoms with Gasteiger partial charge in [-0.2, -0.15) is 0 Å². The maximum absolute atomic E-state index is 13.1. The summed E-state index contributed by atoms with van der Waals surface area (Å²) in [6, 6.07) is 13.2. The molecule has 3 aromatic rings. The molecule has 3 rings (SSSR count). The fourth-order valence-electron chi connectivity index (χ4n) is 3.02. The lowest BCUT2D eigenvalue weighted by Gasteiger charge is -2.17. The zero-order chi connectivity index (χ0) is 23.4. The molecular formula is C21H17Cl2N3O6. The Morgan fingerprint density at radius 1 is 0.906 bits per heavy atom. The lowest BCUT2D eigenvalue weighted by Crippen LogP contribution is -2.45. The zero-order valence-corrected chi connectivity index (χ0v) is 17.9. The molecule has 0 aliphatic carbocycles. The van der Waals surface area contributed by atoms with Gasteiger partial charge in [0.1, 0.15) is 6.54 Å². The molecular weight excluding hydrogens is 461 g/mol. The topological polar surface area (TPSA) is 131 Å². The lowest BCUT2D eigenvalue weighted by atomic mass is 10.2. The summed E-state index contributed by atoms with van der Waals surface area (Å²) in [5, 5.41) is 21.9. The van der Waals surface area contributed by atoms with E-state index in [0.29, 0.717) is 5.56 Å². The van der Waals surface area contributed by atoms with E-state index in [-0.39, 0.29) is 28.7 Å². The van der Waals surface area contributed by atoms with Gasteiger partial charge in [-0.05, 0) is 17.7 Å². The summed E-state index contributed by atoms with van der Waals surface area (Å²) in [5.74, 6) is -3.42. The van der Waals surface area contributed by atoms with E-state index in [1.165, 1.54) is 12.1 Å². The predicted molar refractivity (Wildman–Crippen MR) is 118 cm³/mol. The molecule has 1 amide bonds. The van der Waals surface area contributed by atoms with Crippen LogP contribution in [0.5, 0.6) is 5.88 Å². The smallest absolute Gasteiger partial charge is 0.334 e. The minimum Gasteiger partial charge on any atom is -0.494 e. The van der Waals surface area contributed by atoms with Crippen molar-refractivity contribution in [1.82, 2.24) is 14.5 Å². The Labute approximate surface area is 191 Å². The first-order valence-electron chi connectivity index (χ1n) is 9.24. The molecule has 1 heterocycles. The Kier molecular flexibility index (Phi) is 7.01. The van der Waals surface area contributed by atoms with E-state index < -0.39 is 41.1 Å². The molecule has 0 saturated heterocycles. The molecule has 0 aliphatic heterocycles. The summed E-state index contributed by atoms with van der Waals surface area (Å²) in [4.78, 5) is 49.4. The normalized spacial score (nSPS) is 10.7. The number of nitrogens with one attached hydrogen (secondary N) is 1. The average molecular weight is 478 g/mol. The number of aliphatic carboxylic acids is 1. The molecule has 1 aromatic heterocycles. The van der Waals surface area contributed by atoms with Crippen molar-refractivity contribution in [3.63, 3.8) is 0 Å². The Morgan fingerprint density at radius 2 is 1.53 bits per heavy atom. The molecule has 3 N–H and O–H groups in total. The third-order valence-electron chi connectivity index (χ3n) is 4.59. The molecule has 2 aromatic carbocycles. The predicted octanol–water partition coefficient (Wildman–Crippen LogP) is 1.93. The van der Waals surface area contributed by atoms with Crippen molar-refractivity contribution >= 4 is 35.1 Å². The van der Waals surface area contributed by atoms with Crippen LogP contribution in [0.3, 0.4) is 0 Å². The van der Waals surface area contributed by atoms with Crippen LogP contribution in [0.15, 0.2) is 58.1 Å². The summed E-state index contributed by atoms with van der Waals surface area (Å²) in [6.07, 6.45) is 0. The van der Waals surface area contributed by atoms with Gasteiger partial charge in [-0.25, -0.2) is 4.79 Å². The number of amides is 1. The number of aromatic hydroxyl groups is 1. The minimum absolute atomic E-state index is 0.186. The first kappa shape index (κ1) is 23.1. The molecule has 166 valence electrons. The van der Waals surface area contributed by atoms with Crippen LogP contribution in [-0.4, -0.2) is 37.8 Å². The van der Waals surface area contributed by atoms with Crippen molar-refractivity contribution in [2.75, 3.05) is 6.54 Å². The lowest BCUT2D eigenvalue weighted by molar-refractivity contribution is -0.135. The number of rotatable bonds is 7. The monoisotopic (exact) mass is 477 g/mol. The molecule has 11 heteroatoms. The van der Waals surface area contributed by atoms with Gasteiger partial charge in [0.05, 0.1) is 13.1 Å². The highest BCUT2D eigenvalue weighted by Gasteiger charge is 2.25. The Bertz CT molecular complexity index is 1280. The van der Waals surface area contributed by atoms with Crippen molar-refractivity contribution in [3.8, 4) is 5.88 Å². The molecule has 0 spiro atoms. The maximum atomic E-state index is 13.1. The third kappa shape index (κ3) is 4.84. The second-order valence-electron chi connectivity index (χ2n) is 6.72. The molecule has 0 fully saturated rings. The van der Waals surface area contributed by atoms with Gasteiger partial charge in [-0.3, -0.25) is 23.5 Å². The van der Waals surface area contributed by atoms with Crippen LogP contribution in [0.25, 0.3) is 0 Å². The van der Waals surface area contributed by atoms with Gasteiger partial charge in [-0.1, -0.05) is 59.6 Å². The highest BCUT2D eigenvalue weighted by molar-refractivity contribution is 6.36. The number of aromatic nitrogens is 2. The van der Waals surface area contributed by atoms with E-state index >= 15 is 0 Å². The number of benzene rings is 2. The number of carboxylic acids is 1. The zero-order valence-electron chi connectivity index (χ0n) is 16.4. The van der Waals surface area contributed by atoms with Gasteiger partial charge in [-0.15, -0.1) is 0 Å². The second-order valence-corrected chi connectivity index (χ2v) is 7.54. The number of halogens is 2. The molecule has 0 radical (unpaired) electrons. The molecule has 0 atom stereocenters. The van der Waals surface area contributed by atoms with Gasteiger partial charge in [0.2, 0.25) is 5.88 Å². The average Bonchev–Trinajstić information content (AvgIpc) is 2.75. The fourth-order valence-corrected chi connectivity index (χ4v) is 3.54. The highest BCUT2D eigenvalue weighted by atomic mass is 35.5. The van der Waals surface area contributed by atoms with Crippen LogP contribution in [0, 0.1) is 0 Å². The number of nitrogens with zero attached hydrogens (tertiary/aromatic N) is 2. The Hall–Kier alpha value is -3.56. The summed E-state index contributed by atoms with van der Waals surface area (Å²) in [5.41, 5.74) is -1.86. The largest absolute Gasteiger partial charge is 0.494 e. The standard InChI is InChI=1S/C21H17Cl2N3O6/c22-14-7-4-8-15(23)13(14)11-26-20(31)17(18(29)24-9-16(27)28)19(30)25(21(26)32)10-12-5-2-1-3-6-12/h1-8,31H,9-11H2,(H,24,29)(H,27,28). The van der Waals surface area contributed by atoms with Crippen LogP contribution in [0.1, 0.15) is 21.5 Å². The Balaban J connectivity index is 2.21. The minimum atomic E-state index is -1.35. The van der Waals surface area contributed by atoms with E-state index in [0.717, 1.165) is 9.13 Å². The van der Waals surface area contributed by atoms with Crippen molar-refractivity contribution < 1.29 is 19.8 Å². The van der Waals surface area contributed by atoms with Gasteiger partial charge < -0.3 is 15.5 Å². The van der Waals surface area contributed by atoms with Gasteiger partial charge in [0.25, 0.3) is 11.5 Å². The second kappa shape index (κ2) is 9.71. The number of carbonyl (C=O) groups excluding carboxylic acids is 1. The van der Waals surface area contributed by atoms with Gasteiger partial charge in [0.15, 0.2) is 5.56 Å². The van der Waals surface area contributed by atoms with Crippen LogP contribution in [0.2, 0.25) is 10.0 Å². The highest BCUT2D eigenvalue weighted by Crippen LogP contribution is 2.26. The Morgan fingerprint density at radius 3 is 2.12 bits per heavy atom. The summed E-state index contributed by atoms with van der Waals surface area (Å²) in [7, 11) is 0. The van der Waals surface area contributed by atoms with Crippen LogP contribution in [0.4, 0.5) is 0 Å². The number of hydrogen-bond donors (Lipinski definition) is 3. The van der Waals surface area contributed by atoms with E-state index in [4.69, 9.17) is 28.3 Å². The molecule has 0 bridgehead atoms. The van der Waals surface area contributed by atoms with Crippen molar-refractivity contribution in [1.29, 1.82) is 0 Å². The fraction of sp³-hybridized carbons (Fsp3) is 0.143. The number of hydrogen-bond acceptors (Lipinski definition) is 5. The molecule has 0 aliphatic rings. The number of carbonyl (C=O) groups is 2. The van der Waals surface area contributed by atoms with Crippen LogP contribution < -0.4 is 16.6 Å². The van der Waals surface area contributed by atoms with Crippen LogP contribution >= 0.6 is 23.2 Å². The quantitative estimate of drug-likeness (QED) is 0.476. The molecule has 32 heavy (non-hydrogen) atoms. The maximum Gasteiger partial charge on any atom is 0.334 e. The molecule has 9 nitrogen and oxygen atoms in total. The third-order valence-corrected chi connectivity index (χ3v) is 5.30. The summed E-state index contributed by atoms with van der Waals surface area (Å²) < 4.78 is 1.56. The van der Waals surface area contributed by atoms with E-state index in [2.05, 4.69) is 0 Å². The molecule has 0 saturated carbocycles. The van der Waals surface area contributed by atoms with Crippen molar-refractivity contribution in [2.24, 2.45) is 0 Å². The first-order valence-corrected chi connectivity index (χ1v) is 9.99. The van der Waals surface area contributed by atoms with Crippen molar-refractivity contribution in [3.05, 3.63) is 96.1 Å². The van der Waals surface area contributed by atoms with Crippen molar-refractivity contribution in [2.45, 2.75) is 13.1 Å². The summed E-state index contributed by atoms with van der Waals surface area (Å²) >= 11 is 12.4. The number of carboxylic acid groups (broad SMARTS) is 1. The van der Waals surface area contributed by atoms with E-state index in [9.17, 15) is 24.3 Å². The van der Waals surface area contributed by atoms with E-state index in [1.807, 2.05) is 5.32 Å². The van der Waals surface area contributed by atoms with Gasteiger partial charge in [0, 0.05) is 15.6 Å². The SMILES string of the molecule is O=C(O)CNC(=O)c1c(O)n(Cc2c(Cl)cccc2Cl)c(=O)n(Cc2ccccc2)c1=O.